The Hall–Kier alpha value is -0.770. The zero-order valence-electron chi connectivity index (χ0n) is 10.2. The van der Waals surface area contributed by atoms with Gasteiger partial charge in [-0.05, 0) is 32.7 Å². The molecule has 2 fully saturated rings. The second-order valence-corrected chi connectivity index (χ2v) is 4.97. The van der Waals surface area contributed by atoms with Crippen molar-refractivity contribution in [2.45, 2.75) is 38.2 Å². The molecule has 0 spiro atoms. The number of rotatable bonds is 1. The summed E-state index contributed by atoms with van der Waals surface area (Å²) in [7, 11) is 2.13. The lowest BCUT2D eigenvalue weighted by molar-refractivity contribution is 0.0965. The fourth-order valence-electron chi connectivity index (χ4n) is 2.42. The van der Waals surface area contributed by atoms with E-state index in [0.29, 0.717) is 12.1 Å². The minimum atomic E-state index is 0.306. The van der Waals surface area contributed by atoms with Crippen molar-refractivity contribution in [3.63, 3.8) is 0 Å². The van der Waals surface area contributed by atoms with E-state index in [4.69, 9.17) is 10.1 Å². The van der Waals surface area contributed by atoms with Crippen molar-refractivity contribution in [1.82, 2.24) is 9.80 Å². The van der Waals surface area contributed by atoms with Crippen LogP contribution in [0.1, 0.15) is 32.1 Å². The molecule has 0 bridgehead atoms. The fourth-order valence-corrected chi connectivity index (χ4v) is 2.42. The van der Waals surface area contributed by atoms with Crippen LogP contribution in [0.4, 0.5) is 0 Å². The van der Waals surface area contributed by atoms with E-state index in [1.807, 2.05) is 0 Å². The number of hydrogen-bond acceptors (Lipinski definition) is 3. The van der Waals surface area contributed by atoms with Crippen LogP contribution in [0, 0.1) is 5.41 Å². The number of nitrogens with zero attached hydrogens (tertiary/aromatic N) is 2. The minimum Gasteiger partial charge on any atom is -0.462 e. The highest BCUT2D eigenvalue weighted by Gasteiger charge is 2.21. The fraction of sp³-hybridized carbons (Fsp3) is 0.917. The van der Waals surface area contributed by atoms with Gasteiger partial charge in [-0.1, -0.05) is 6.42 Å². The summed E-state index contributed by atoms with van der Waals surface area (Å²) in [5.74, 6) is 0. The molecule has 0 atom stereocenters. The SMILES string of the molecule is CN1CCN(C(=N)OC2CCCCC2)CC1. The maximum Gasteiger partial charge on any atom is 0.284 e. The van der Waals surface area contributed by atoms with Gasteiger partial charge in [-0.3, -0.25) is 5.41 Å². The van der Waals surface area contributed by atoms with Gasteiger partial charge in [-0.2, -0.15) is 0 Å². The monoisotopic (exact) mass is 225 g/mol. The maximum absolute atomic E-state index is 7.97. The molecule has 1 aliphatic heterocycles. The summed E-state index contributed by atoms with van der Waals surface area (Å²) >= 11 is 0. The smallest absolute Gasteiger partial charge is 0.284 e. The Labute approximate surface area is 98.1 Å². The molecule has 0 radical (unpaired) electrons. The summed E-state index contributed by atoms with van der Waals surface area (Å²) < 4.78 is 5.76. The third-order valence-electron chi connectivity index (χ3n) is 3.62. The highest BCUT2D eigenvalue weighted by Crippen LogP contribution is 2.20. The third kappa shape index (κ3) is 3.11. The largest absolute Gasteiger partial charge is 0.462 e. The summed E-state index contributed by atoms with van der Waals surface area (Å²) in [5, 5.41) is 7.97. The standard InChI is InChI=1S/C12H23N3O/c1-14-7-9-15(10-8-14)12(13)16-11-5-3-2-4-6-11/h11,13H,2-10H2,1H3. The number of likely N-dealkylation sites (N-methyl/N-ethyl adjacent to an activating group) is 1. The third-order valence-corrected chi connectivity index (χ3v) is 3.62. The van der Waals surface area contributed by atoms with Crippen LogP contribution in [0.2, 0.25) is 0 Å². The highest BCUT2D eigenvalue weighted by molar-refractivity contribution is 5.70. The van der Waals surface area contributed by atoms with Crippen LogP contribution in [-0.2, 0) is 4.74 Å². The molecule has 1 saturated carbocycles. The van der Waals surface area contributed by atoms with E-state index in [-0.39, 0.29) is 0 Å². The topological polar surface area (TPSA) is 39.6 Å². The van der Waals surface area contributed by atoms with E-state index in [1.54, 1.807) is 0 Å². The molecule has 1 aliphatic carbocycles. The molecule has 0 unspecified atom stereocenters. The second-order valence-electron chi connectivity index (χ2n) is 4.97. The lowest BCUT2D eigenvalue weighted by atomic mass is 9.98. The Morgan fingerprint density at radius 1 is 1.06 bits per heavy atom. The molecular formula is C12H23N3O. The molecule has 0 aromatic heterocycles. The quantitative estimate of drug-likeness (QED) is 0.543. The van der Waals surface area contributed by atoms with Crippen LogP contribution >= 0.6 is 0 Å². The molecule has 92 valence electrons. The van der Waals surface area contributed by atoms with Gasteiger partial charge in [0.15, 0.2) is 0 Å². The van der Waals surface area contributed by atoms with Crippen LogP contribution < -0.4 is 0 Å². The van der Waals surface area contributed by atoms with E-state index < -0.39 is 0 Å². The van der Waals surface area contributed by atoms with Gasteiger partial charge in [0.25, 0.3) is 6.02 Å². The van der Waals surface area contributed by atoms with Crippen molar-refractivity contribution in [3.05, 3.63) is 0 Å². The number of amidine groups is 1. The van der Waals surface area contributed by atoms with E-state index in [1.165, 1.54) is 19.3 Å². The van der Waals surface area contributed by atoms with Gasteiger partial charge >= 0.3 is 0 Å². The van der Waals surface area contributed by atoms with Gasteiger partial charge in [-0.15, -0.1) is 0 Å². The molecule has 16 heavy (non-hydrogen) atoms. The Morgan fingerprint density at radius 3 is 2.31 bits per heavy atom. The Balaban J connectivity index is 1.74. The second kappa shape index (κ2) is 5.53. The molecule has 0 amide bonds. The first-order valence-electron chi connectivity index (χ1n) is 6.44. The van der Waals surface area contributed by atoms with E-state index in [2.05, 4.69) is 16.8 Å². The Morgan fingerprint density at radius 2 is 1.69 bits per heavy atom. The molecule has 1 heterocycles. The van der Waals surface area contributed by atoms with Crippen molar-refractivity contribution >= 4 is 6.02 Å². The average Bonchev–Trinajstić information content (AvgIpc) is 2.31. The van der Waals surface area contributed by atoms with Crippen LogP contribution in [0.25, 0.3) is 0 Å². The van der Waals surface area contributed by atoms with Gasteiger partial charge in [0.2, 0.25) is 0 Å². The Bertz CT molecular complexity index is 230. The van der Waals surface area contributed by atoms with Crippen molar-refractivity contribution in [3.8, 4) is 0 Å². The van der Waals surface area contributed by atoms with Gasteiger partial charge in [0.05, 0.1) is 0 Å². The summed E-state index contributed by atoms with van der Waals surface area (Å²) in [6.07, 6.45) is 6.44. The van der Waals surface area contributed by atoms with Crippen molar-refractivity contribution in [2.75, 3.05) is 33.2 Å². The summed E-state index contributed by atoms with van der Waals surface area (Å²) in [6, 6.07) is 0.403. The van der Waals surface area contributed by atoms with E-state index in [9.17, 15) is 0 Å². The normalized spacial score (nSPS) is 24.4. The molecular weight excluding hydrogens is 202 g/mol. The summed E-state index contributed by atoms with van der Waals surface area (Å²) in [5.41, 5.74) is 0. The predicted octanol–water partition coefficient (Wildman–Crippen LogP) is 1.52. The predicted molar refractivity (Wildman–Crippen MR) is 64.8 cm³/mol. The molecule has 2 aliphatic rings. The number of hydrogen-bond donors (Lipinski definition) is 1. The molecule has 0 aromatic rings. The van der Waals surface area contributed by atoms with Crippen LogP contribution in [0.3, 0.4) is 0 Å². The summed E-state index contributed by atoms with van der Waals surface area (Å²) in [6.45, 7) is 3.94. The van der Waals surface area contributed by atoms with Crippen LogP contribution in [0.15, 0.2) is 0 Å². The first-order valence-corrected chi connectivity index (χ1v) is 6.44. The van der Waals surface area contributed by atoms with Crippen LogP contribution in [0.5, 0.6) is 0 Å². The molecule has 1 N–H and O–H groups in total. The molecule has 0 aromatic carbocycles. The number of piperazine rings is 1. The van der Waals surface area contributed by atoms with Crippen molar-refractivity contribution < 1.29 is 4.74 Å². The van der Waals surface area contributed by atoms with Crippen molar-refractivity contribution in [2.24, 2.45) is 0 Å². The van der Waals surface area contributed by atoms with Gasteiger partial charge in [0.1, 0.15) is 6.10 Å². The zero-order valence-corrected chi connectivity index (χ0v) is 10.2. The van der Waals surface area contributed by atoms with Crippen LogP contribution in [-0.4, -0.2) is 55.2 Å². The van der Waals surface area contributed by atoms with E-state index in [0.717, 1.165) is 39.0 Å². The van der Waals surface area contributed by atoms with Gasteiger partial charge in [0, 0.05) is 26.2 Å². The zero-order chi connectivity index (χ0) is 11.4. The van der Waals surface area contributed by atoms with Gasteiger partial charge < -0.3 is 14.5 Å². The molecule has 4 nitrogen and oxygen atoms in total. The molecule has 4 heteroatoms. The highest BCUT2D eigenvalue weighted by atomic mass is 16.5. The lowest BCUT2D eigenvalue weighted by Crippen LogP contribution is -2.48. The average molecular weight is 225 g/mol. The maximum atomic E-state index is 7.97. The first-order chi connectivity index (χ1) is 7.75. The lowest BCUT2D eigenvalue weighted by Gasteiger charge is -2.35. The Kier molecular flexibility index (Phi) is 4.04. The molecule has 2 rings (SSSR count). The van der Waals surface area contributed by atoms with E-state index >= 15 is 0 Å². The summed E-state index contributed by atoms with van der Waals surface area (Å²) in [4.78, 5) is 4.36. The first kappa shape index (κ1) is 11.7. The van der Waals surface area contributed by atoms with Gasteiger partial charge in [-0.25, -0.2) is 0 Å². The number of nitrogens with one attached hydrogen (secondary N) is 1. The molecule has 1 saturated heterocycles. The van der Waals surface area contributed by atoms with Crippen molar-refractivity contribution in [1.29, 1.82) is 5.41 Å². The number of ether oxygens (including phenoxy) is 1. The minimum absolute atomic E-state index is 0.306.